The van der Waals surface area contributed by atoms with Gasteiger partial charge in [-0.1, -0.05) is 6.08 Å². The first-order chi connectivity index (χ1) is 14.3. The number of nitro groups is 1. The van der Waals surface area contributed by atoms with Gasteiger partial charge >= 0.3 is 6.18 Å². The monoisotopic (exact) mass is 432 g/mol. The van der Waals surface area contributed by atoms with Crippen molar-refractivity contribution >= 4 is 28.8 Å². The summed E-state index contributed by atoms with van der Waals surface area (Å²) in [6.07, 6.45) is -0.987. The second-order valence-electron chi connectivity index (χ2n) is 8.12. The van der Waals surface area contributed by atoms with Crippen molar-refractivity contribution in [1.82, 2.24) is 0 Å². The highest BCUT2D eigenvalue weighted by atomic mass is 19.4. The lowest BCUT2D eigenvalue weighted by molar-refractivity contribution is -0.384. The predicted octanol–water partition coefficient (Wildman–Crippen LogP) is 6.00. The number of hydrogen-bond donors (Lipinski definition) is 1. The average molecular weight is 432 g/mol. The smallest absolute Gasteiger partial charge is 0.365 e. The summed E-state index contributed by atoms with van der Waals surface area (Å²) >= 11 is 0. The molecular formula is C22H23F3N4O2. The molecule has 31 heavy (non-hydrogen) atoms. The van der Waals surface area contributed by atoms with Crippen LogP contribution in [0.1, 0.15) is 43.0 Å². The van der Waals surface area contributed by atoms with E-state index in [1.54, 1.807) is 0 Å². The number of nitro benzene ring substituents is 1. The molecule has 0 bridgehead atoms. The maximum Gasteiger partial charge on any atom is 0.416 e. The number of benzene rings is 2. The van der Waals surface area contributed by atoms with Gasteiger partial charge in [0.05, 0.1) is 22.2 Å². The molecule has 0 spiro atoms. The van der Waals surface area contributed by atoms with E-state index in [9.17, 15) is 23.3 Å². The van der Waals surface area contributed by atoms with Crippen molar-refractivity contribution in [3.05, 3.63) is 68.8 Å². The molecule has 0 amide bonds. The van der Waals surface area contributed by atoms with Gasteiger partial charge in [-0.15, -0.1) is 0 Å². The topological polar surface area (TPSA) is 70.8 Å². The minimum atomic E-state index is -4.67. The fourth-order valence-corrected chi connectivity index (χ4v) is 3.58. The van der Waals surface area contributed by atoms with Crippen LogP contribution in [-0.4, -0.2) is 23.7 Å². The summed E-state index contributed by atoms with van der Waals surface area (Å²) in [5.41, 5.74) is 5.47. The van der Waals surface area contributed by atoms with Crippen molar-refractivity contribution in [3.8, 4) is 0 Å². The molecule has 2 aromatic rings. The number of alkyl halides is 3. The van der Waals surface area contributed by atoms with Crippen molar-refractivity contribution in [3.63, 3.8) is 0 Å². The van der Waals surface area contributed by atoms with Crippen LogP contribution in [0.5, 0.6) is 0 Å². The lowest BCUT2D eigenvalue weighted by atomic mass is 9.87. The fourth-order valence-electron chi connectivity index (χ4n) is 3.58. The van der Waals surface area contributed by atoms with E-state index in [0.29, 0.717) is 6.07 Å². The number of likely N-dealkylation sites (N-methyl/N-ethyl adjacent to an activating group) is 1. The molecular weight excluding hydrogens is 409 g/mol. The number of nitrogens with one attached hydrogen (secondary N) is 1. The SMILES string of the molecule is CC1=CC(C)(C)N(C)c2cc(C)c(/C=N/Nc3ccc(C(F)(F)F)cc3[N+](=O)[O-])cc21. The number of rotatable bonds is 4. The minimum absolute atomic E-state index is 0.123. The quantitative estimate of drug-likeness (QED) is 0.365. The van der Waals surface area contributed by atoms with Crippen LogP contribution in [0.3, 0.4) is 0 Å². The van der Waals surface area contributed by atoms with Gasteiger partial charge in [0.15, 0.2) is 0 Å². The Morgan fingerprint density at radius 1 is 1.19 bits per heavy atom. The third kappa shape index (κ3) is 4.40. The third-order valence-corrected chi connectivity index (χ3v) is 5.52. The van der Waals surface area contributed by atoms with Gasteiger partial charge in [-0.25, -0.2) is 0 Å². The van der Waals surface area contributed by atoms with E-state index < -0.39 is 22.4 Å². The highest BCUT2D eigenvalue weighted by Crippen LogP contribution is 2.39. The Morgan fingerprint density at radius 2 is 1.87 bits per heavy atom. The van der Waals surface area contributed by atoms with Crippen LogP contribution in [0.4, 0.5) is 30.2 Å². The molecule has 0 radical (unpaired) electrons. The number of halogens is 3. The first-order valence-electron chi connectivity index (χ1n) is 9.54. The van der Waals surface area contributed by atoms with Gasteiger partial charge in [-0.2, -0.15) is 18.3 Å². The van der Waals surface area contributed by atoms with Crippen molar-refractivity contribution in [2.45, 2.75) is 39.4 Å². The molecule has 3 rings (SSSR count). The summed E-state index contributed by atoms with van der Waals surface area (Å²) in [5, 5.41) is 15.2. The van der Waals surface area contributed by atoms with E-state index >= 15 is 0 Å². The Hall–Kier alpha value is -3.36. The number of anilines is 2. The molecule has 1 N–H and O–H groups in total. The first kappa shape index (κ1) is 22.3. The molecule has 0 fully saturated rings. The third-order valence-electron chi connectivity index (χ3n) is 5.52. The molecule has 0 unspecified atom stereocenters. The van der Waals surface area contributed by atoms with Crippen LogP contribution >= 0.6 is 0 Å². The maximum absolute atomic E-state index is 12.8. The molecule has 0 saturated carbocycles. The number of allylic oxidation sites excluding steroid dienone is 1. The van der Waals surface area contributed by atoms with Crippen molar-refractivity contribution in [2.24, 2.45) is 5.10 Å². The molecule has 1 aliphatic heterocycles. The lowest BCUT2D eigenvalue weighted by Crippen LogP contribution is -2.42. The highest BCUT2D eigenvalue weighted by Gasteiger charge is 2.33. The molecule has 0 saturated heterocycles. The molecule has 164 valence electrons. The summed E-state index contributed by atoms with van der Waals surface area (Å²) in [7, 11) is 2.03. The van der Waals surface area contributed by atoms with Crippen LogP contribution in [-0.2, 0) is 6.18 Å². The van der Waals surface area contributed by atoms with Crippen LogP contribution < -0.4 is 10.3 Å². The van der Waals surface area contributed by atoms with Crippen LogP contribution in [0, 0.1) is 17.0 Å². The Kier molecular flexibility index (Phi) is 5.56. The van der Waals surface area contributed by atoms with E-state index in [-0.39, 0.29) is 11.2 Å². The molecule has 1 heterocycles. The second kappa shape index (κ2) is 7.72. The molecule has 0 atom stereocenters. The molecule has 0 aromatic heterocycles. The van der Waals surface area contributed by atoms with Crippen LogP contribution in [0.25, 0.3) is 5.57 Å². The van der Waals surface area contributed by atoms with E-state index in [0.717, 1.165) is 40.1 Å². The number of aryl methyl sites for hydroxylation is 1. The summed E-state index contributed by atoms with van der Waals surface area (Å²) in [6.45, 7) is 8.22. The Balaban J connectivity index is 1.91. The molecule has 9 heteroatoms. The summed E-state index contributed by atoms with van der Waals surface area (Å²) in [4.78, 5) is 12.5. The van der Waals surface area contributed by atoms with E-state index in [2.05, 4.69) is 41.4 Å². The zero-order valence-electron chi connectivity index (χ0n) is 17.8. The zero-order chi connectivity index (χ0) is 23.1. The molecule has 6 nitrogen and oxygen atoms in total. The van der Waals surface area contributed by atoms with Crippen molar-refractivity contribution in [1.29, 1.82) is 0 Å². The highest BCUT2D eigenvalue weighted by molar-refractivity contribution is 5.89. The normalized spacial score (nSPS) is 15.6. The van der Waals surface area contributed by atoms with Gasteiger partial charge in [-0.05, 0) is 68.7 Å². The van der Waals surface area contributed by atoms with Crippen molar-refractivity contribution < 1.29 is 18.1 Å². The number of hydrogen-bond acceptors (Lipinski definition) is 5. The van der Waals surface area contributed by atoms with Gasteiger partial charge in [-0.3, -0.25) is 15.5 Å². The fraction of sp³-hybridized carbons (Fsp3) is 0.318. The van der Waals surface area contributed by atoms with Gasteiger partial charge in [0.1, 0.15) is 5.69 Å². The summed E-state index contributed by atoms with van der Waals surface area (Å²) < 4.78 is 38.5. The van der Waals surface area contributed by atoms with Gasteiger partial charge < -0.3 is 4.90 Å². The number of hydrazone groups is 1. The minimum Gasteiger partial charge on any atom is -0.365 e. The van der Waals surface area contributed by atoms with E-state index in [1.807, 2.05) is 27.0 Å². The van der Waals surface area contributed by atoms with Crippen molar-refractivity contribution in [2.75, 3.05) is 17.4 Å². The molecule has 1 aliphatic rings. The van der Waals surface area contributed by atoms with Crippen LogP contribution in [0.2, 0.25) is 0 Å². The van der Waals surface area contributed by atoms with E-state index in [4.69, 9.17) is 0 Å². The predicted molar refractivity (Wildman–Crippen MR) is 117 cm³/mol. The second-order valence-corrected chi connectivity index (χ2v) is 8.12. The first-order valence-corrected chi connectivity index (χ1v) is 9.54. The largest absolute Gasteiger partial charge is 0.416 e. The van der Waals surface area contributed by atoms with Gasteiger partial charge in [0, 0.05) is 24.4 Å². The number of fused-ring (bicyclic) bond motifs is 1. The summed E-state index contributed by atoms with van der Waals surface area (Å²) in [6, 6.07) is 6.31. The van der Waals surface area contributed by atoms with E-state index in [1.165, 1.54) is 6.21 Å². The summed E-state index contributed by atoms with van der Waals surface area (Å²) in [5.74, 6) is 0. The number of nitrogens with zero attached hydrogens (tertiary/aromatic N) is 3. The zero-order valence-corrected chi connectivity index (χ0v) is 17.8. The Bertz CT molecular complexity index is 1100. The van der Waals surface area contributed by atoms with Crippen LogP contribution in [0.15, 0.2) is 41.5 Å². The van der Waals surface area contributed by atoms with Gasteiger partial charge in [0.25, 0.3) is 5.69 Å². The van der Waals surface area contributed by atoms with Gasteiger partial charge in [0.2, 0.25) is 0 Å². The average Bonchev–Trinajstić information content (AvgIpc) is 2.66. The Labute approximate surface area is 178 Å². The Morgan fingerprint density at radius 3 is 2.48 bits per heavy atom. The lowest BCUT2D eigenvalue weighted by Gasteiger charge is -2.41. The molecule has 0 aliphatic carbocycles. The maximum atomic E-state index is 12.8. The standard InChI is InChI=1S/C22H23F3N4O2/c1-13-8-19-17(14(2)11-21(3,4)28(19)5)9-15(13)12-26-27-18-7-6-16(22(23,24)25)10-20(18)29(30)31/h6-12,27H,1-5H3/b26-12+. The molecule has 2 aromatic carbocycles.